The van der Waals surface area contributed by atoms with Crippen molar-refractivity contribution >= 4 is 23.4 Å². The van der Waals surface area contributed by atoms with E-state index in [1.54, 1.807) is 0 Å². The average Bonchev–Trinajstić information content (AvgIpc) is 3.29. The number of carbonyl (C=O) groups is 1. The van der Waals surface area contributed by atoms with Gasteiger partial charge in [0.05, 0.1) is 6.61 Å². The van der Waals surface area contributed by atoms with Crippen LogP contribution in [0.4, 0.5) is 5.82 Å². The largest absolute Gasteiger partial charge is 0.458 e. The molecule has 6 nitrogen and oxygen atoms in total. The monoisotopic (exact) mass is 313 g/mol. The molecule has 1 saturated carbocycles. The molecule has 1 aliphatic carbocycles. The van der Waals surface area contributed by atoms with Crippen LogP contribution in [0.25, 0.3) is 0 Å². The molecule has 2 N–H and O–H groups in total. The Kier molecular flexibility index (Phi) is 5.76. The summed E-state index contributed by atoms with van der Waals surface area (Å²) in [5.41, 5.74) is 5.76. The van der Waals surface area contributed by atoms with Gasteiger partial charge in [-0.3, -0.25) is 0 Å². The van der Waals surface area contributed by atoms with Crippen LogP contribution in [-0.2, 0) is 9.47 Å². The molecular formula is C14H20ClN3O3. The van der Waals surface area contributed by atoms with E-state index in [9.17, 15) is 4.79 Å². The average molecular weight is 314 g/mol. The Morgan fingerprint density at radius 1 is 1.33 bits per heavy atom. The number of hydrogen-bond acceptors (Lipinski definition) is 6. The minimum Gasteiger partial charge on any atom is -0.458 e. The normalized spacial score (nSPS) is 14.2. The van der Waals surface area contributed by atoms with E-state index in [-0.39, 0.29) is 29.1 Å². The summed E-state index contributed by atoms with van der Waals surface area (Å²) in [5, 5.41) is 0.0521. The van der Waals surface area contributed by atoms with Crippen LogP contribution in [0.2, 0.25) is 5.02 Å². The lowest BCUT2D eigenvalue weighted by atomic mass is 10.3. The molecule has 1 fully saturated rings. The van der Waals surface area contributed by atoms with Crippen molar-refractivity contribution in [2.24, 2.45) is 0 Å². The molecule has 1 aliphatic rings. The van der Waals surface area contributed by atoms with Gasteiger partial charge >= 0.3 is 5.97 Å². The number of nitrogens with two attached hydrogens (primary N) is 1. The Balaban J connectivity index is 1.89. The third kappa shape index (κ3) is 4.54. The summed E-state index contributed by atoms with van der Waals surface area (Å²) in [7, 11) is 0. The van der Waals surface area contributed by atoms with Crippen LogP contribution in [0.15, 0.2) is 0 Å². The summed E-state index contributed by atoms with van der Waals surface area (Å²) in [6.45, 7) is 3.28. The van der Waals surface area contributed by atoms with E-state index in [0.717, 1.165) is 25.7 Å². The van der Waals surface area contributed by atoms with Gasteiger partial charge in [-0.2, -0.15) is 0 Å². The highest BCUT2D eigenvalue weighted by Crippen LogP contribution is 2.39. The first kappa shape index (κ1) is 16.0. The minimum atomic E-state index is -0.588. The van der Waals surface area contributed by atoms with E-state index in [1.807, 2.05) is 0 Å². The molecule has 116 valence electrons. The van der Waals surface area contributed by atoms with Gasteiger partial charge in [0.15, 0.2) is 5.69 Å². The van der Waals surface area contributed by atoms with Crippen LogP contribution in [0.1, 0.15) is 54.8 Å². The predicted octanol–water partition coefficient (Wildman–Crippen LogP) is 2.56. The van der Waals surface area contributed by atoms with E-state index >= 15 is 0 Å². The standard InChI is InChI=1S/C14H20ClN3O3/c1-2-3-6-20-7-8-21-14(19)11-10(15)12(16)18-13(17-11)9-4-5-9/h9H,2-8H2,1H3,(H2,16,17,18). The number of unbranched alkanes of at least 4 members (excludes halogenated alkanes) is 1. The molecule has 1 heterocycles. The molecule has 1 aromatic heterocycles. The van der Waals surface area contributed by atoms with Crippen molar-refractivity contribution in [3.63, 3.8) is 0 Å². The fraction of sp³-hybridized carbons (Fsp3) is 0.643. The molecule has 0 radical (unpaired) electrons. The Hall–Kier alpha value is -1.40. The maximum Gasteiger partial charge on any atom is 0.358 e. The first-order valence-corrected chi connectivity index (χ1v) is 7.59. The van der Waals surface area contributed by atoms with Gasteiger partial charge in [-0.1, -0.05) is 24.9 Å². The van der Waals surface area contributed by atoms with Gasteiger partial charge in [-0.05, 0) is 19.3 Å². The lowest BCUT2D eigenvalue weighted by Gasteiger charge is -2.09. The summed E-state index contributed by atoms with van der Waals surface area (Å²) >= 11 is 5.98. The summed E-state index contributed by atoms with van der Waals surface area (Å²) < 4.78 is 10.4. The third-order valence-electron chi connectivity index (χ3n) is 3.13. The number of ether oxygens (including phenoxy) is 2. The number of carbonyl (C=O) groups excluding carboxylic acids is 1. The highest BCUT2D eigenvalue weighted by molar-refractivity contribution is 6.35. The molecular weight excluding hydrogens is 294 g/mol. The lowest BCUT2D eigenvalue weighted by Crippen LogP contribution is -2.15. The summed E-state index contributed by atoms with van der Waals surface area (Å²) in [4.78, 5) is 20.3. The molecule has 7 heteroatoms. The first-order valence-electron chi connectivity index (χ1n) is 7.21. The van der Waals surface area contributed by atoms with Crippen LogP contribution < -0.4 is 5.73 Å². The second-order valence-corrected chi connectivity index (χ2v) is 5.38. The number of rotatable bonds is 8. The van der Waals surface area contributed by atoms with E-state index in [2.05, 4.69) is 16.9 Å². The third-order valence-corrected chi connectivity index (χ3v) is 3.51. The van der Waals surface area contributed by atoms with Gasteiger partial charge in [0, 0.05) is 12.5 Å². The second-order valence-electron chi connectivity index (χ2n) is 5.01. The summed E-state index contributed by atoms with van der Waals surface area (Å²) in [5.74, 6) is 0.395. The topological polar surface area (TPSA) is 87.3 Å². The maximum absolute atomic E-state index is 12.0. The molecule has 0 amide bonds. The predicted molar refractivity (Wildman–Crippen MR) is 79.4 cm³/mol. The fourth-order valence-corrected chi connectivity index (χ4v) is 1.91. The summed E-state index contributed by atoms with van der Waals surface area (Å²) in [6, 6.07) is 0. The van der Waals surface area contributed by atoms with E-state index < -0.39 is 5.97 Å². The maximum atomic E-state index is 12.0. The number of esters is 1. The van der Waals surface area contributed by atoms with Crippen molar-refractivity contribution in [2.75, 3.05) is 25.6 Å². The van der Waals surface area contributed by atoms with Crippen LogP contribution >= 0.6 is 11.6 Å². The minimum absolute atomic E-state index is 0.0413. The zero-order chi connectivity index (χ0) is 15.2. The van der Waals surface area contributed by atoms with Gasteiger partial charge in [-0.15, -0.1) is 0 Å². The smallest absolute Gasteiger partial charge is 0.358 e. The van der Waals surface area contributed by atoms with Crippen molar-refractivity contribution < 1.29 is 14.3 Å². The molecule has 0 atom stereocenters. The van der Waals surface area contributed by atoms with Crippen molar-refractivity contribution in [2.45, 2.75) is 38.5 Å². The van der Waals surface area contributed by atoms with Gasteiger partial charge < -0.3 is 15.2 Å². The zero-order valence-corrected chi connectivity index (χ0v) is 12.9. The van der Waals surface area contributed by atoms with Gasteiger partial charge in [0.25, 0.3) is 0 Å². The molecule has 0 aliphatic heterocycles. The molecule has 0 saturated heterocycles. The number of halogens is 1. The number of nitrogen functional groups attached to an aromatic ring is 1. The number of aromatic nitrogens is 2. The Morgan fingerprint density at radius 2 is 2.10 bits per heavy atom. The highest BCUT2D eigenvalue weighted by atomic mass is 35.5. The fourth-order valence-electron chi connectivity index (χ4n) is 1.75. The van der Waals surface area contributed by atoms with Gasteiger partial charge in [0.1, 0.15) is 23.3 Å². The van der Waals surface area contributed by atoms with Gasteiger partial charge in [-0.25, -0.2) is 14.8 Å². The molecule has 2 rings (SSSR count). The molecule has 21 heavy (non-hydrogen) atoms. The van der Waals surface area contributed by atoms with E-state index in [1.165, 1.54) is 0 Å². The van der Waals surface area contributed by atoms with Crippen molar-refractivity contribution in [3.05, 3.63) is 16.5 Å². The molecule has 0 unspecified atom stereocenters. The Bertz CT molecular complexity index is 506. The molecule has 0 aromatic carbocycles. The first-order chi connectivity index (χ1) is 10.1. The van der Waals surface area contributed by atoms with E-state index in [4.69, 9.17) is 26.8 Å². The lowest BCUT2D eigenvalue weighted by molar-refractivity contribution is 0.0308. The van der Waals surface area contributed by atoms with Crippen molar-refractivity contribution in [1.29, 1.82) is 0 Å². The number of anilines is 1. The van der Waals surface area contributed by atoms with Crippen LogP contribution in [0.5, 0.6) is 0 Å². The Labute approximate surface area is 129 Å². The Morgan fingerprint density at radius 3 is 2.76 bits per heavy atom. The van der Waals surface area contributed by atoms with Crippen molar-refractivity contribution in [3.8, 4) is 0 Å². The quantitative estimate of drug-likeness (QED) is 0.586. The molecule has 0 bridgehead atoms. The van der Waals surface area contributed by atoms with Crippen molar-refractivity contribution in [1.82, 2.24) is 9.97 Å². The second kappa shape index (κ2) is 7.56. The van der Waals surface area contributed by atoms with E-state index in [0.29, 0.717) is 19.0 Å². The molecule has 0 spiro atoms. The highest BCUT2D eigenvalue weighted by Gasteiger charge is 2.29. The van der Waals surface area contributed by atoms with Crippen LogP contribution in [-0.4, -0.2) is 35.8 Å². The van der Waals surface area contributed by atoms with Crippen LogP contribution in [0, 0.1) is 0 Å². The number of hydrogen-bond donors (Lipinski definition) is 1. The van der Waals surface area contributed by atoms with Crippen LogP contribution in [0.3, 0.4) is 0 Å². The molecule has 1 aromatic rings. The SMILES string of the molecule is CCCCOCCOC(=O)c1nc(C2CC2)nc(N)c1Cl. The zero-order valence-electron chi connectivity index (χ0n) is 12.1. The number of nitrogens with zero attached hydrogens (tertiary/aromatic N) is 2. The van der Waals surface area contributed by atoms with Gasteiger partial charge in [0.2, 0.25) is 0 Å². The summed E-state index contributed by atoms with van der Waals surface area (Å²) in [6.07, 6.45) is 4.09.